The number of hydrogen-bond donors (Lipinski definition) is 0. The summed E-state index contributed by atoms with van der Waals surface area (Å²) in [5, 5.41) is 0. The fourth-order valence-corrected chi connectivity index (χ4v) is 6.12. The van der Waals surface area contributed by atoms with Crippen LogP contribution in [0.15, 0.2) is 121 Å². The molecule has 0 atom stereocenters. The van der Waals surface area contributed by atoms with E-state index in [1.807, 2.05) is 121 Å². The van der Waals surface area contributed by atoms with E-state index in [4.69, 9.17) is 37.9 Å². The van der Waals surface area contributed by atoms with Crippen molar-refractivity contribution in [1.29, 1.82) is 0 Å². The Morgan fingerprint density at radius 1 is 0.267 bits per heavy atom. The molecule has 8 nitrogen and oxygen atoms in total. The summed E-state index contributed by atoms with van der Waals surface area (Å²) in [6.45, 7) is 0.253. The first-order valence-corrected chi connectivity index (χ1v) is 18.9. The predicted octanol–water partition coefficient (Wildman–Crippen LogP) is 8.86. The molecule has 6 aromatic carbocycles. The number of benzene rings is 6. The molecule has 0 fully saturated rings. The van der Waals surface area contributed by atoms with Gasteiger partial charge >= 0.3 is 0 Å². The molecule has 6 aromatic rings. The average molecular weight is 793 g/mol. The Hall–Kier alpha value is -7.40. The van der Waals surface area contributed by atoms with Crippen LogP contribution in [-0.4, -0.2) is 55.6 Å². The van der Waals surface area contributed by atoms with Gasteiger partial charge in [0.15, 0.2) is 27.2 Å². The maximum Gasteiger partial charge on any atom is 0.188 e. The molecule has 0 saturated heterocycles. The van der Waals surface area contributed by atoms with Crippen LogP contribution >= 0.6 is 0 Å². The van der Waals surface area contributed by atoms with E-state index in [0.717, 1.165) is 66.8 Å². The standard InChI is InChI=1S/C52H40O8/c1-53-33-57-49-25-21-41-17-13-37-5-7-39(8-6-37)15-19-43-23-27-51(59-35-55-3)47(31-43)48-32-44(24-28-52(48)60-36-56-4)20-16-40-11-9-38(10-12-40)14-18-42-22-26-50(58-34-54-2)46(30-42)45(49)29-41/h5-12,21-32H,33-36H2,1-4H3. The molecular formula is C52H40O8. The van der Waals surface area contributed by atoms with Crippen molar-refractivity contribution in [2.45, 2.75) is 0 Å². The van der Waals surface area contributed by atoms with Crippen molar-refractivity contribution < 1.29 is 37.9 Å². The van der Waals surface area contributed by atoms with Crippen LogP contribution in [0.3, 0.4) is 0 Å². The SMILES string of the molecule is COCOc1ccc2cc1-c1cc(ccc1OCOC)C#Cc1ccc(cc1)C#Cc1ccc(OCOC)c(c1)-c1cc(ccc1OCOC)C#Cc1ccc(cc1)C#C2. The highest BCUT2D eigenvalue weighted by molar-refractivity contribution is 5.80. The van der Waals surface area contributed by atoms with E-state index in [0.29, 0.717) is 23.0 Å². The molecule has 60 heavy (non-hydrogen) atoms. The monoisotopic (exact) mass is 792 g/mol. The fraction of sp³-hybridized carbons (Fsp3) is 0.154. The maximum atomic E-state index is 6.02. The van der Waals surface area contributed by atoms with Crippen LogP contribution in [0, 0.1) is 47.4 Å². The van der Waals surface area contributed by atoms with Gasteiger partial charge in [-0.3, -0.25) is 0 Å². The summed E-state index contributed by atoms with van der Waals surface area (Å²) in [6, 6.07) is 38.7. The second-order valence-corrected chi connectivity index (χ2v) is 13.2. The summed E-state index contributed by atoms with van der Waals surface area (Å²) in [5.74, 6) is 28.8. The van der Waals surface area contributed by atoms with E-state index in [9.17, 15) is 0 Å². The van der Waals surface area contributed by atoms with Gasteiger partial charge in [-0.15, -0.1) is 0 Å². The molecule has 10 rings (SSSR count). The molecule has 0 aliphatic heterocycles. The van der Waals surface area contributed by atoms with E-state index in [1.165, 1.54) is 0 Å². The zero-order valence-electron chi connectivity index (χ0n) is 33.6. The number of methoxy groups -OCH3 is 4. The summed E-state index contributed by atoms with van der Waals surface area (Å²) in [4.78, 5) is 0. The Kier molecular flexibility index (Phi) is 13.8. The molecule has 4 aliphatic carbocycles. The van der Waals surface area contributed by atoms with E-state index < -0.39 is 0 Å². The van der Waals surface area contributed by atoms with E-state index in [-0.39, 0.29) is 27.2 Å². The van der Waals surface area contributed by atoms with Crippen LogP contribution in [0.1, 0.15) is 44.5 Å². The van der Waals surface area contributed by atoms with Gasteiger partial charge < -0.3 is 37.9 Å². The fourth-order valence-electron chi connectivity index (χ4n) is 6.12. The van der Waals surface area contributed by atoms with Gasteiger partial charge in [-0.05, 0) is 121 Å². The summed E-state index contributed by atoms with van der Waals surface area (Å²) in [5.41, 5.74) is 9.49. The molecule has 0 unspecified atom stereocenters. The van der Waals surface area contributed by atoms with Gasteiger partial charge in [-0.25, -0.2) is 0 Å². The van der Waals surface area contributed by atoms with Gasteiger partial charge in [0.2, 0.25) is 0 Å². The van der Waals surface area contributed by atoms with Crippen molar-refractivity contribution >= 4 is 0 Å². The molecule has 0 saturated carbocycles. The average Bonchev–Trinajstić information content (AvgIpc) is 3.29. The highest BCUT2D eigenvalue weighted by Gasteiger charge is 2.16. The third-order valence-electron chi connectivity index (χ3n) is 9.00. The number of hydrogen-bond acceptors (Lipinski definition) is 8. The van der Waals surface area contributed by atoms with Crippen molar-refractivity contribution in [3.05, 3.63) is 166 Å². The molecule has 4 aliphatic rings. The van der Waals surface area contributed by atoms with Crippen molar-refractivity contribution in [3.63, 3.8) is 0 Å². The van der Waals surface area contributed by atoms with Gasteiger partial charge in [-0.1, -0.05) is 47.4 Å². The molecule has 0 radical (unpaired) electrons. The summed E-state index contributed by atoms with van der Waals surface area (Å²) >= 11 is 0. The van der Waals surface area contributed by atoms with Gasteiger partial charge in [0, 0.05) is 95.2 Å². The highest BCUT2D eigenvalue weighted by Crippen LogP contribution is 2.39. The molecule has 0 aromatic heterocycles. The normalized spacial score (nSPS) is 10.9. The van der Waals surface area contributed by atoms with Crippen molar-refractivity contribution in [2.24, 2.45) is 0 Å². The summed E-state index contributed by atoms with van der Waals surface area (Å²) < 4.78 is 45.1. The topological polar surface area (TPSA) is 73.8 Å². The molecule has 8 heteroatoms. The van der Waals surface area contributed by atoms with Crippen molar-refractivity contribution in [1.82, 2.24) is 0 Å². The van der Waals surface area contributed by atoms with Crippen LogP contribution in [0.2, 0.25) is 0 Å². The largest absolute Gasteiger partial charge is 0.467 e. The lowest BCUT2D eigenvalue weighted by atomic mass is 9.98. The smallest absolute Gasteiger partial charge is 0.188 e. The first kappa shape index (κ1) is 40.8. The summed E-state index contributed by atoms with van der Waals surface area (Å²) in [7, 11) is 6.32. The lowest BCUT2D eigenvalue weighted by Gasteiger charge is -2.16. The Morgan fingerprint density at radius 2 is 0.450 bits per heavy atom. The minimum Gasteiger partial charge on any atom is -0.467 e. The molecule has 0 amide bonds. The molecule has 0 spiro atoms. The van der Waals surface area contributed by atoms with Crippen LogP contribution in [0.25, 0.3) is 22.3 Å². The first-order chi connectivity index (χ1) is 29.5. The zero-order chi connectivity index (χ0) is 41.5. The Labute approximate surface area is 350 Å². The molecule has 0 heterocycles. The number of ether oxygens (including phenoxy) is 8. The second kappa shape index (κ2) is 20.3. The zero-order valence-corrected chi connectivity index (χ0v) is 33.6. The van der Waals surface area contributed by atoms with E-state index in [2.05, 4.69) is 47.4 Å². The van der Waals surface area contributed by atoms with Crippen LogP contribution in [0.5, 0.6) is 23.0 Å². The minimum absolute atomic E-state index is 0.0633. The Balaban J connectivity index is 1.36. The van der Waals surface area contributed by atoms with E-state index in [1.54, 1.807) is 28.4 Å². The van der Waals surface area contributed by atoms with Crippen LogP contribution in [0.4, 0.5) is 0 Å². The Bertz CT molecular complexity index is 2340. The lowest BCUT2D eigenvalue weighted by Crippen LogP contribution is -2.03. The third kappa shape index (κ3) is 10.6. The molecule has 296 valence electrons. The van der Waals surface area contributed by atoms with E-state index >= 15 is 0 Å². The van der Waals surface area contributed by atoms with Gasteiger partial charge in [0.1, 0.15) is 23.0 Å². The van der Waals surface area contributed by atoms with Crippen molar-refractivity contribution in [2.75, 3.05) is 55.6 Å². The molecular weight excluding hydrogens is 753 g/mol. The second-order valence-electron chi connectivity index (χ2n) is 13.2. The highest BCUT2D eigenvalue weighted by atomic mass is 16.7. The Morgan fingerprint density at radius 3 is 0.650 bits per heavy atom. The van der Waals surface area contributed by atoms with Gasteiger partial charge in [0.05, 0.1) is 0 Å². The van der Waals surface area contributed by atoms with Crippen molar-refractivity contribution in [3.8, 4) is 92.6 Å². The van der Waals surface area contributed by atoms with Gasteiger partial charge in [-0.2, -0.15) is 0 Å². The lowest BCUT2D eigenvalue weighted by molar-refractivity contribution is 0.0500. The van der Waals surface area contributed by atoms with Gasteiger partial charge in [0.25, 0.3) is 0 Å². The van der Waals surface area contributed by atoms with Crippen LogP contribution in [-0.2, 0) is 18.9 Å². The predicted molar refractivity (Wildman–Crippen MR) is 231 cm³/mol. The third-order valence-corrected chi connectivity index (χ3v) is 9.00. The molecule has 12 bridgehead atoms. The quantitative estimate of drug-likeness (QED) is 0.0899. The van der Waals surface area contributed by atoms with Crippen LogP contribution < -0.4 is 18.9 Å². The molecule has 0 N–H and O–H groups in total. The minimum atomic E-state index is 0.0633. The number of rotatable bonds is 12. The first-order valence-electron chi connectivity index (χ1n) is 18.9. The summed E-state index contributed by atoms with van der Waals surface area (Å²) in [6.07, 6.45) is 0. The maximum absolute atomic E-state index is 6.02.